The van der Waals surface area contributed by atoms with Crippen molar-refractivity contribution in [1.82, 2.24) is 9.80 Å². The van der Waals surface area contributed by atoms with E-state index >= 15 is 0 Å². The molecule has 4 saturated heterocycles. The molecule has 0 spiro atoms. The average molecular weight is 335 g/mol. The normalized spacial score (nSPS) is 35.2. The average Bonchev–Trinajstić information content (AvgIpc) is 2.95. The standard InChI is InChI=1S/C18H23F2N3O/c19-13-7-12(8-14(20)9-13)15-10-23(6-3-16(21)24)17-11-1-4-22(5-2-11)18(15)17/h7-9,11,15,17-18H,1-6,10H2,(H2,21,24)/t15-,17-,18-/m1/s1. The summed E-state index contributed by atoms with van der Waals surface area (Å²) in [4.78, 5) is 16.0. The quantitative estimate of drug-likeness (QED) is 0.911. The first-order valence-electron chi connectivity index (χ1n) is 8.75. The fourth-order valence-electron chi connectivity index (χ4n) is 5.13. The highest BCUT2D eigenvalue weighted by Crippen LogP contribution is 2.46. The van der Waals surface area contributed by atoms with Gasteiger partial charge in [-0.05, 0) is 49.5 Å². The van der Waals surface area contributed by atoms with Gasteiger partial charge in [-0.3, -0.25) is 14.6 Å². The van der Waals surface area contributed by atoms with E-state index in [-0.39, 0.29) is 17.9 Å². The van der Waals surface area contributed by atoms with E-state index in [1.165, 1.54) is 25.0 Å². The third-order valence-electron chi connectivity index (χ3n) is 6.05. The van der Waals surface area contributed by atoms with E-state index in [1.807, 2.05) is 0 Å². The van der Waals surface area contributed by atoms with E-state index in [0.29, 0.717) is 24.9 Å². The van der Waals surface area contributed by atoms with Crippen molar-refractivity contribution in [2.24, 2.45) is 11.7 Å². The highest BCUT2D eigenvalue weighted by atomic mass is 19.1. The molecule has 4 heterocycles. The van der Waals surface area contributed by atoms with Crippen LogP contribution in [0, 0.1) is 17.6 Å². The number of carbonyl (C=O) groups is 1. The Kier molecular flexibility index (Phi) is 4.04. The topological polar surface area (TPSA) is 49.6 Å². The van der Waals surface area contributed by atoms with Crippen LogP contribution in [0.4, 0.5) is 8.78 Å². The largest absolute Gasteiger partial charge is 0.370 e. The van der Waals surface area contributed by atoms with Gasteiger partial charge in [0.25, 0.3) is 0 Å². The maximum Gasteiger partial charge on any atom is 0.218 e. The lowest BCUT2D eigenvalue weighted by Crippen LogP contribution is -2.60. The summed E-state index contributed by atoms with van der Waals surface area (Å²) >= 11 is 0. The number of piperidine rings is 3. The van der Waals surface area contributed by atoms with E-state index < -0.39 is 11.6 Å². The lowest BCUT2D eigenvalue weighted by Gasteiger charge is -2.51. The van der Waals surface area contributed by atoms with Gasteiger partial charge in [0.2, 0.25) is 5.91 Å². The predicted octanol–water partition coefficient (Wildman–Crippen LogP) is 1.70. The van der Waals surface area contributed by atoms with Gasteiger partial charge in [-0.15, -0.1) is 0 Å². The summed E-state index contributed by atoms with van der Waals surface area (Å²) in [6, 6.07) is 4.50. The predicted molar refractivity (Wildman–Crippen MR) is 86.4 cm³/mol. The van der Waals surface area contributed by atoms with Gasteiger partial charge in [0.1, 0.15) is 11.6 Å². The summed E-state index contributed by atoms with van der Waals surface area (Å²) in [6.07, 6.45) is 2.66. The van der Waals surface area contributed by atoms with Gasteiger partial charge in [0.15, 0.2) is 0 Å². The number of rotatable bonds is 4. The van der Waals surface area contributed by atoms with Crippen molar-refractivity contribution < 1.29 is 13.6 Å². The molecular formula is C18H23F2N3O. The van der Waals surface area contributed by atoms with Crippen molar-refractivity contribution in [2.75, 3.05) is 26.2 Å². The van der Waals surface area contributed by atoms with Gasteiger partial charge in [0.05, 0.1) is 0 Å². The number of likely N-dealkylation sites (tertiary alicyclic amines) is 1. The first kappa shape index (κ1) is 16.0. The van der Waals surface area contributed by atoms with Crippen LogP contribution in [0.25, 0.3) is 0 Å². The Bertz CT molecular complexity index is 625. The fourth-order valence-corrected chi connectivity index (χ4v) is 5.13. The molecule has 4 fully saturated rings. The highest BCUT2D eigenvalue weighted by Gasteiger charge is 2.53. The molecule has 130 valence electrons. The summed E-state index contributed by atoms with van der Waals surface area (Å²) in [5.41, 5.74) is 6.06. The second-order valence-electron chi connectivity index (χ2n) is 7.38. The molecule has 24 heavy (non-hydrogen) atoms. The number of nitrogens with two attached hydrogens (primary N) is 1. The number of halogens is 2. The minimum Gasteiger partial charge on any atom is -0.370 e. The number of fused-ring (bicyclic) bond motifs is 2. The first-order chi connectivity index (χ1) is 11.5. The smallest absolute Gasteiger partial charge is 0.218 e. The monoisotopic (exact) mass is 335 g/mol. The van der Waals surface area contributed by atoms with Gasteiger partial charge in [-0.1, -0.05) is 0 Å². The van der Waals surface area contributed by atoms with Crippen LogP contribution in [-0.4, -0.2) is 54.0 Å². The minimum absolute atomic E-state index is 0.0798. The van der Waals surface area contributed by atoms with Crippen molar-refractivity contribution in [3.05, 3.63) is 35.4 Å². The van der Waals surface area contributed by atoms with E-state index in [0.717, 1.165) is 31.3 Å². The van der Waals surface area contributed by atoms with Crippen LogP contribution in [0.2, 0.25) is 0 Å². The third-order valence-corrected chi connectivity index (χ3v) is 6.05. The molecule has 4 aliphatic rings. The molecule has 1 aromatic carbocycles. The number of amides is 1. The van der Waals surface area contributed by atoms with Crippen molar-refractivity contribution in [3.63, 3.8) is 0 Å². The molecule has 0 radical (unpaired) electrons. The molecule has 4 aliphatic heterocycles. The molecular weight excluding hydrogens is 312 g/mol. The number of carbonyl (C=O) groups excluding carboxylic acids is 1. The summed E-state index contributed by atoms with van der Waals surface area (Å²) < 4.78 is 27.4. The lowest BCUT2D eigenvalue weighted by atomic mass is 9.75. The van der Waals surface area contributed by atoms with E-state index in [1.54, 1.807) is 0 Å². The summed E-state index contributed by atoms with van der Waals surface area (Å²) in [5.74, 6) is -0.651. The Hall–Kier alpha value is -1.53. The molecule has 6 heteroatoms. The van der Waals surface area contributed by atoms with Gasteiger partial charge in [-0.2, -0.15) is 0 Å². The number of nitrogens with zero attached hydrogens (tertiary/aromatic N) is 2. The lowest BCUT2D eigenvalue weighted by molar-refractivity contribution is -0.118. The van der Waals surface area contributed by atoms with Gasteiger partial charge >= 0.3 is 0 Å². The Morgan fingerprint density at radius 1 is 1.12 bits per heavy atom. The molecule has 4 nitrogen and oxygen atoms in total. The number of primary amides is 1. The van der Waals surface area contributed by atoms with Crippen LogP contribution in [-0.2, 0) is 4.79 Å². The van der Waals surface area contributed by atoms with E-state index in [4.69, 9.17) is 5.73 Å². The summed E-state index contributed by atoms with van der Waals surface area (Å²) in [5, 5.41) is 0. The molecule has 5 rings (SSSR count). The summed E-state index contributed by atoms with van der Waals surface area (Å²) in [7, 11) is 0. The molecule has 2 N–H and O–H groups in total. The molecule has 0 aliphatic carbocycles. The maximum absolute atomic E-state index is 13.7. The Labute approximate surface area is 140 Å². The second-order valence-corrected chi connectivity index (χ2v) is 7.38. The maximum atomic E-state index is 13.7. The first-order valence-corrected chi connectivity index (χ1v) is 8.75. The second kappa shape index (κ2) is 6.08. The fraction of sp³-hybridized carbons (Fsp3) is 0.611. The minimum atomic E-state index is -0.520. The summed E-state index contributed by atoms with van der Waals surface area (Å²) in [6.45, 7) is 3.49. The highest BCUT2D eigenvalue weighted by molar-refractivity contribution is 5.73. The van der Waals surface area contributed by atoms with Gasteiger partial charge in [0, 0.05) is 43.6 Å². The number of benzene rings is 1. The Morgan fingerprint density at radius 3 is 2.42 bits per heavy atom. The van der Waals surface area contributed by atoms with Crippen LogP contribution >= 0.6 is 0 Å². The molecule has 3 atom stereocenters. The van der Waals surface area contributed by atoms with Crippen LogP contribution < -0.4 is 5.73 Å². The van der Waals surface area contributed by atoms with Crippen molar-refractivity contribution in [1.29, 1.82) is 0 Å². The van der Waals surface area contributed by atoms with E-state index in [9.17, 15) is 13.6 Å². The van der Waals surface area contributed by atoms with Gasteiger partial charge in [-0.25, -0.2) is 8.78 Å². The van der Waals surface area contributed by atoms with Crippen molar-refractivity contribution in [2.45, 2.75) is 37.3 Å². The zero-order valence-corrected chi connectivity index (χ0v) is 13.6. The van der Waals surface area contributed by atoms with E-state index in [2.05, 4.69) is 9.80 Å². The number of hydrogen-bond donors (Lipinski definition) is 1. The molecule has 0 aromatic heterocycles. The van der Waals surface area contributed by atoms with Crippen molar-refractivity contribution in [3.8, 4) is 0 Å². The molecule has 0 saturated carbocycles. The molecule has 1 amide bonds. The Morgan fingerprint density at radius 2 is 1.79 bits per heavy atom. The van der Waals surface area contributed by atoms with Crippen LogP contribution in [0.5, 0.6) is 0 Å². The number of hydrogen-bond acceptors (Lipinski definition) is 3. The van der Waals surface area contributed by atoms with Crippen LogP contribution in [0.3, 0.4) is 0 Å². The Balaban J connectivity index is 1.65. The SMILES string of the molecule is NC(=O)CCN1C[C@H](c2cc(F)cc(F)c2)[C@@H]2[C@H]1C1CCN2CC1. The molecule has 1 aromatic rings. The van der Waals surface area contributed by atoms with Gasteiger partial charge < -0.3 is 5.73 Å². The van der Waals surface area contributed by atoms with Crippen LogP contribution in [0.1, 0.15) is 30.7 Å². The van der Waals surface area contributed by atoms with Crippen LogP contribution in [0.15, 0.2) is 18.2 Å². The molecule has 0 unspecified atom stereocenters. The zero-order chi connectivity index (χ0) is 16.8. The molecule has 2 bridgehead atoms. The zero-order valence-electron chi connectivity index (χ0n) is 13.6. The van der Waals surface area contributed by atoms with Crippen molar-refractivity contribution >= 4 is 5.91 Å². The third kappa shape index (κ3) is 2.71.